The lowest BCUT2D eigenvalue weighted by Gasteiger charge is -1.73. The maximum absolute atomic E-state index is 3.00. The molecule has 0 aliphatic rings. The monoisotopic (exact) mass is 108 g/mol. The molecule has 0 rings (SSSR count). The number of rotatable bonds is 1. The molecule has 0 radical (unpaired) electrons. The lowest BCUT2D eigenvalue weighted by atomic mass is 10.3. The van der Waals surface area contributed by atoms with Crippen molar-refractivity contribution in [2.45, 2.75) is 26.7 Å². The minimum atomic E-state index is 1.02. The molecule has 0 heterocycles. The number of allylic oxidation sites excluding steroid dienone is 2. The summed E-state index contributed by atoms with van der Waals surface area (Å²) in [5.41, 5.74) is 0. The zero-order valence-corrected chi connectivity index (χ0v) is 5.57. The summed E-state index contributed by atoms with van der Waals surface area (Å²) in [5.74, 6) is 5.90. The van der Waals surface area contributed by atoms with Crippen LogP contribution in [-0.4, -0.2) is 0 Å². The van der Waals surface area contributed by atoms with E-state index in [1.165, 1.54) is 0 Å². The Labute approximate surface area is 51.6 Å². The van der Waals surface area contributed by atoms with Gasteiger partial charge in [0.05, 0.1) is 0 Å². The molecule has 0 unspecified atom stereocenters. The standard InChI is InChI=1S/C8H12/c1-3-5-7-8-6-4-2/h3,5H,4,6H2,1-2H3. The molecular weight excluding hydrogens is 96.1 g/mol. The first-order valence-electron chi connectivity index (χ1n) is 3.01. The van der Waals surface area contributed by atoms with E-state index in [9.17, 15) is 0 Å². The number of unbranched alkanes of at least 4 members (excludes halogenated alkanes) is 1. The Kier molecular flexibility index (Phi) is 5.75. The van der Waals surface area contributed by atoms with E-state index in [2.05, 4.69) is 18.8 Å². The van der Waals surface area contributed by atoms with Crippen LogP contribution >= 0.6 is 0 Å². The average Bonchev–Trinajstić information content (AvgIpc) is 1.81. The summed E-state index contributed by atoms with van der Waals surface area (Å²) in [5, 5.41) is 0. The maximum Gasteiger partial charge on any atom is 0.00896 e. The van der Waals surface area contributed by atoms with Gasteiger partial charge in [-0.15, -0.1) is 0 Å². The van der Waals surface area contributed by atoms with Gasteiger partial charge in [0.1, 0.15) is 0 Å². The summed E-state index contributed by atoms with van der Waals surface area (Å²) in [4.78, 5) is 0. The van der Waals surface area contributed by atoms with Crippen LogP contribution < -0.4 is 0 Å². The van der Waals surface area contributed by atoms with E-state index in [0.29, 0.717) is 0 Å². The highest BCUT2D eigenvalue weighted by molar-refractivity contribution is 5.14. The molecular formula is C8H12. The molecule has 0 fully saturated rings. The molecule has 0 N–H and O–H groups in total. The third-order valence-electron chi connectivity index (χ3n) is 0.727. The van der Waals surface area contributed by atoms with Crippen LogP contribution in [0.2, 0.25) is 0 Å². The van der Waals surface area contributed by atoms with Crippen molar-refractivity contribution in [2.75, 3.05) is 0 Å². The van der Waals surface area contributed by atoms with Crippen LogP contribution in [0.3, 0.4) is 0 Å². The van der Waals surface area contributed by atoms with E-state index >= 15 is 0 Å². The van der Waals surface area contributed by atoms with Gasteiger partial charge in [-0.05, 0) is 19.4 Å². The third-order valence-corrected chi connectivity index (χ3v) is 0.727. The van der Waals surface area contributed by atoms with Crippen molar-refractivity contribution in [1.29, 1.82) is 0 Å². The van der Waals surface area contributed by atoms with Crippen LogP contribution in [-0.2, 0) is 0 Å². The molecule has 0 atom stereocenters. The quantitative estimate of drug-likeness (QED) is 0.452. The van der Waals surface area contributed by atoms with Crippen molar-refractivity contribution in [3.8, 4) is 11.8 Å². The third kappa shape index (κ3) is 5.30. The number of hydrogen-bond donors (Lipinski definition) is 0. The summed E-state index contributed by atoms with van der Waals surface area (Å²) < 4.78 is 0. The molecule has 0 saturated carbocycles. The summed E-state index contributed by atoms with van der Waals surface area (Å²) in [6, 6.07) is 0. The second-order valence-electron chi connectivity index (χ2n) is 1.57. The van der Waals surface area contributed by atoms with Crippen molar-refractivity contribution >= 4 is 0 Å². The minimum Gasteiger partial charge on any atom is -0.0985 e. The fraction of sp³-hybridized carbons (Fsp3) is 0.500. The van der Waals surface area contributed by atoms with Gasteiger partial charge in [-0.2, -0.15) is 0 Å². The van der Waals surface area contributed by atoms with Crippen molar-refractivity contribution in [1.82, 2.24) is 0 Å². The van der Waals surface area contributed by atoms with Crippen LogP contribution in [0.15, 0.2) is 12.2 Å². The normalized spacial score (nSPS) is 8.75. The van der Waals surface area contributed by atoms with Crippen LogP contribution in [0.25, 0.3) is 0 Å². The van der Waals surface area contributed by atoms with Gasteiger partial charge in [0.2, 0.25) is 0 Å². The molecule has 0 aromatic heterocycles. The van der Waals surface area contributed by atoms with E-state index in [1.807, 2.05) is 19.1 Å². The fourth-order valence-corrected chi connectivity index (χ4v) is 0.339. The summed E-state index contributed by atoms with van der Waals surface area (Å²) in [7, 11) is 0. The molecule has 0 saturated heterocycles. The smallest absolute Gasteiger partial charge is 0.00896 e. The first-order valence-corrected chi connectivity index (χ1v) is 3.01. The van der Waals surface area contributed by atoms with E-state index < -0.39 is 0 Å². The van der Waals surface area contributed by atoms with Crippen molar-refractivity contribution < 1.29 is 0 Å². The van der Waals surface area contributed by atoms with Crippen molar-refractivity contribution in [2.24, 2.45) is 0 Å². The lowest BCUT2D eigenvalue weighted by Crippen LogP contribution is -1.58. The molecule has 0 amide bonds. The Balaban J connectivity index is 3.21. The minimum absolute atomic E-state index is 1.02. The molecule has 44 valence electrons. The first kappa shape index (κ1) is 7.30. The highest BCUT2D eigenvalue weighted by Crippen LogP contribution is 1.80. The van der Waals surface area contributed by atoms with Gasteiger partial charge in [-0.1, -0.05) is 24.8 Å². The Hall–Kier alpha value is -0.700. The lowest BCUT2D eigenvalue weighted by molar-refractivity contribution is 0.983. The second kappa shape index (κ2) is 6.30. The summed E-state index contributed by atoms with van der Waals surface area (Å²) in [6.45, 7) is 4.10. The SMILES string of the molecule is CC=CC#CCCC. The topological polar surface area (TPSA) is 0 Å². The van der Waals surface area contributed by atoms with Crippen LogP contribution in [0.5, 0.6) is 0 Å². The summed E-state index contributed by atoms with van der Waals surface area (Å²) in [6.07, 6.45) is 5.99. The molecule has 0 aromatic carbocycles. The fourth-order valence-electron chi connectivity index (χ4n) is 0.339. The van der Waals surface area contributed by atoms with E-state index in [0.717, 1.165) is 12.8 Å². The Morgan fingerprint density at radius 2 is 2.25 bits per heavy atom. The predicted molar refractivity (Wildman–Crippen MR) is 37.5 cm³/mol. The van der Waals surface area contributed by atoms with E-state index in [-0.39, 0.29) is 0 Å². The van der Waals surface area contributed by atoms with Gasteiger partial charge in [0.15, 0.2) is 0 Å². The molecule has 0 aliphatic carbocycles. The van der Waals surface area contributed by atoms with Gasteiger partial charge in [-0.25, -0.2) is 0 Å². The van der Waals surface area contributed by atoms with Crippen LogP contribution in [0.1, 0.15) is 26.7 Å². The highest BCUT2D eigenvalue weighted by atomic mass is 13.7. The van der Waals surface area contributed by atoms with Gasteiger partial charge >= 0.3 is 0 Å². The van der Waals surface area contributed by atoms with Crippen molar-refractivity contribution in [3.63, 3.8) is 0 Å². The van der Waals surface area contributed by atoms with E-state index in [4.69, 9.17) is 0 Å². The first-order chi connectivity index (χ1) is 3.91. The van der Waals surface area contributed by atoms with Gasteiger partial charge in [-0.3, -0.25) is 0 Å². The molecule has 0 spiro atoms. The average molecular weight is 108 g/mol. The zero-order valence-electron chi connectivity index (χ0n) is 5.57. The Morgan fingerprint density at radius 1 is 1.50 bits per heavy atom. The Bertz CT molecular complexity index is 110. The molecule has 8 heavy (non-hydrogen) atoms. The molecule has 0 heteroatoms. The van der Waals surface area contributed by atoms with Gasteiger partial charge < -0.3 is 0 Å². The maximum atomic E-state index is 3.00. The van der Waals surface area contributed by atoms with Gasteiger partial charge in [0, 0.05) is 6.42 Å². The molecule has 0 aromatic rings. The van der Waals surface area contributed by atoms with Crippen LogP contribution in [0.4, 0.5) is 0 Å². The van der Waals surface area contributed by atoms with Crippen LogP contribution in [0, 0.1) is 11.8 Å². The van der Waals surface area contributed by atoms with Gasteiger partial charge in [0.25, 0.3) is 0 Å². The molecule has 0 bridgehead atoms. The highest BCUT2D eigenvalue weighted by Gasteiger charge is 1.65. The summed E-state index contributed by atoms with van der Waals surface area (Å²) >= 11 is 0. The predicted octanol–water partition coefficient (Wildman–Crippen LogP) is 2.37. The largest absolute Gasteiger partial charge is 0.0985 e. The molecule has 0 nitrogen and oxygen atoms in total. The van der Waals surface area contributed by atoms with E-state index in [1.54, 1.807) is 0 Å². The Morgan fingerprint density at radius 3 is 2.75 bits per heavy atom. The molecule has 0 aliphatic heterocycles. The zero-order chi connectivity index (χ0) is 6.24. The second-order valence-corrected chi connectivity index (χ2v) is 1.57. The van der Waals surface area contributed by atoms with Crippen molar-refractivity contribution in [3.05, 3.63) is 12.2 Å². The number of hydrogen-bond acceptors (Lipinski definition) is 0.